The fraction of sp³-hybridized carbons (Fsp3) is 0.667. The molecule has 6 nitrogen and oxygen atoms in total. The average molecular weight is 212 g/mol. The zero-order valence-electron chi connectivity index (χ0n) is 9.20. The number of amides is 1. The van der Waals surface area contributed by atoms with Crippen LogP contribution < -0.4 is 11.1 Å². The molecule has 1 heterocycles. The third-order valence-corrected chi connectivity index (χ3v) is 1.62. The number of hydrogen-bond donors (Lipinski definition) is 2. The van der Waals surface area contributed by atoms with E-state index in [1.165, 1.54) is 0 Å². The van der Waals surface area contributed by atoms with Crippen molar-refractivity contribution in [1.29, 1.82) is 0 Å². The van der Waals surface area contributed by atoms with Gasteiger partial charge in [-0.3, -0.25) is 4.79 Å². The second-order valence-corrected chi connectivity index (χ2v) is 4.04. The standard InChI is InChI=1S/C9H16N4O2/c1-4-11-8(14)7-12-6(15-13-7)5-9(2,3)10/h4-5,10H2,1-3H3,(H,11,14). The number of carbonyl (C=O) groups is 1. The Labute approximate surface area is 88.2 Å². The minimum absolute atomic E-state index is 0.0519. The van der Waals surface area contributed by atoms with E-state index in [9.17, 15) is 4.79 Å². The summed E-state index contributed by atoms with van der Waals surface area (Å²) < 4.78 is 4.91. The molecule has 0 spiro atoms. The van der Waals surface area contributed by atoms with Gasteiger partial charge in [-0.05, 0) is 20.8 Å². The molecule has 0 radical (unpaired) electrons. The second kappa shape index (κ2) is 4.39. The van der Waals surface area contributed by atoms with E-state index in [4.69, 9.17) is 10.3 Å². The van der Waals surface area contributed by atoms with E-state index in [0.717, 1.165) is 0 Å². The first-order valence-corrected chi connectivity index (χ1v) is 4.82. The van der Waals surface area contributed by atoms with Crippen molar-refractivity contribution in [3.8, 4) is 0 Å². The largest absolute Gasteiger partial charge is 0.349 e. The summed E-state index contributed by atoms with van der Waals surface area (Å²) in [5.74, 6) is 0.0992. The van der Waals surface area contributed by atoms with Crippen LogP contribution in [0.2, 0.25) is 0 Å². The number of nitrogens with one attached hydrogen (secondary N) is 1. The first-order chi connectivity index (χ1) is 6.92. The zero-order chi connectivity index (χ0) is 11.5. The quantitative estimate of drug-likeness (QED) is 0.738. The van der Waals surface area contributed by atoms with Crippen molar-refractivity contribution in [3.63, 3.8) is 0 Å². The predicted molar refractivity (Wildman–Crippen MR) is 54.3 cm³/mol. The van der Waals surface area contributed by atoms with Crippen LogP contribution in [0.5, 0.6) is 0 Å². The molecule has 0 fully saturated rings. The molecule has 0 aliphatic carbocycles. The van der Waals surface area contributed by atoms with Crippen LogP contribution in [0.3, 0.4) is 0 Å². The third-order valence-electron chi connectivity index (χ3n) is 1.62. The van der Waals surface area contributed by atoms with Crippen LogP contribution in [0, 0.1) is 0 Å². The van der Waals surface area contributed by atoms with E-state index in [1.807, 2.05) is 20.8 Å². The maximum Gasteiger partial charge on any atom is 0.292 e. The smallest absolute Gasteiger partial charge is 0.292 e. The number of hydrogen-bond acceptors (Lipinski definition) is 5. The zero-order valence-corrected chi connectivity index (χ0v) is 9.20. The van der Waals surface area contributed by atoms with Gasteiger partial charge in [-0.2, -0.15) is 4.98 Å². The molecule has 0 saturated heterocycles. The van der Waals surface area contributed by atoms with Gasteiger partial charge in [-0.1, -0.05) is 5.16 Å². The lowest BCUT2D eigenvalue weighted by Crippen LogP contribution is -2.34. The Morgan fingerprint density at radius 1 is 1.60 bits per heavy atom. The summed E-state index contributed by atoms with van der Waals surface area (Å²) in [6, 6.07) is 0. The Morgan fingerprint density at radius 3 is 2.80 bits per heavy atom. The lowest BCUT2D eigenvalue weighted by Gasteiger charge is -2.14. The number of nitrogens with two attached hydrogens (primary N) is 1. The van der Waals surface area contributed by atoms with E-state index in [-0.39, 0.29) is 11.7 Å². The summed E-state index contributed by atoms with van der Waals surface area (Å²) in [5, 5.41) is 6.15. The van der Waals surface area contributed by atoms with Crippen molar-refractivity contribution < 1.29 is 9.32 Å². The Morgan fingerprint density at radius 2 is 2.27 bits per heavy atom. The van der Waals surface area contributed by atoms with Gasteiger partial charge in [-0.15, -0.1) is 0 Å². The first-order valence-electron chi connectivity index (χ1n) is 4.82. The van der Waals surface area contributed by atoms with Crippen molar-refractivity contribution >= 4 is 5.91 Å². The highest BCUT2D eigenvalue weighted by Gasteiger charge is 2.19. The Kier molecular flexibility index (Phi) is 3.41. The molecule has 15 heavy (non-hydrogen) atoms. The van der Waals surface area contributed by atoms with Crippen LogP contribution in [0.4, 0.5) is 0 Å². The molecular weight excluding hydrogens is 196 g/mol. The van der Waals surface area contributed by atoms with Gasteiger partial charge in [0.25, 0.3) is 11.7 Å². The predicted octanol–water partition coefficient (Wildman–Crippen LogP) is 0.0991. The van der Waals surface area contributed by atoms with Crippen molar-refractivity contribution in [2.45, 2.75) is 32.7 Å². The van der Waals surface area contributed by atoms with Crippen LogP contribution in [0.1, 0.15) is 37.3 Å². The molecule has 1 amide bonds. The number of nitrogens with zero attached hydrogens (tertiary/aromatic N) is 2. The summed E-state index contributed by atoms with van der Waals surface area (Å²) in [5.41, 5.74) is 5.36. The van der Waals surface area contributed by atoms with Gasteiger partial charge in [0.1, 0.15) is 0 Å². The fourth-order valence-corrected chi connectivity index (χ4v) is 1.05. The van der Waals surface area contributed by atoms with Crippen LogP contribution in [-0.4, -0.2) is 28.1 Å². The first kappa shape index (κ1) is 11.6. The maximum atomic E-state index is 11.3. The number of carbonyl (C=O) groups excluding carboxylic acids is 1. The summed E-state index contributed by atoms with van der Waals surface area (Å²) in [4.78, 5) is 15.2. The van der Waals surface area contributed by atoms with Crippen molar-refractivity contribution in [2.75, 3.05) is 6.54 Å². The van der Waals surface area contributed by atoms with E-state index in [1.54, 1.807) is 0 Å². The molecule has 3 N–H and O–H groups in total. The molecule has 0 saturated carbocycles. The molecule has 0 aromatic carbocycles. The average Bonchev–Trinajstić information content (AvgIpc) is 2.50. The van der Waals surface area contributed by atoms with Crippen molar-refractivity contribution in [3.05, 3.63) is 11.7 Å². The van der Waals surface area contributed by atoms with Crippen LogP contribution in [0.15, 0.2) is 4.52 Å². The van der Waals surface area contributed by atoms with Crippen LogP contribution in [0.25, 0.3) is 0 Å². The van der Waals surface area contributed by atoms with Crippen LogP contribution in [-0.2, 0) is 6.42 Å². The molecule has 0 atom stereocenters. The molecule has 0 unspecified atom stereocenters. The van der Waals surface area contributed by atoms with Gasteiger partial charge in [0.05, 0.1) is 0 Å². The van der Waals surface area contributed by atoms with Gasteiger partial charge in [-0.25, -0.2) is 0 Å². The lowest BCUT2D eigenvalue weighted by atomic mass is 10.0. The SMILES string of the molecule is CCNC(=O)c1noc(CC(C)(C)N)n1. The van der Waals surface area contributed by atoms with E-state index < -0.39 is 5.54 Å². The third kappa shape index (κ3) is 3.67. The minimum Gasteiger partial charge on any atom is -0.349 e. The highest BCUT2D eigenvalue weighted by atomic mass is 16.5. The lowest BCUT2D eigenvalue weighted by molar-refractivity contribution is 0.0942. The summed E-state index contributed by atoms with van der Waals surface area (Å²) >= 11 is 0. The Balaban J connectivity index is 2.68. The Hall–Kier alpha value is -1.43. The monoisotopic (exact) mass is 212 g/mol. The molecular formula is C9H16N4O2. The van der Waals surface area contributed by atoms with Crippen molar-refractivity contribution in [1.82, 2.24) is 15.5 Å². The van der Waals surface area contributed by atoms with E-state index in [0.29, 0.717) is 18.9 Å². The normalized spacial score (nSPS) is 11.5. The van der Waals surface area contributed by atoms with Gasteiger partial charge in [0.15, 0.2) is 0 Å². The molecule has 0 bridgehead atoms. The molecule has 84 valence electrons. The number of aromatic nitrogens is 2. The van der Waals surface area contributed by atoms with Gasteiger partial charge in [0.2, 0.25) is 5.89 Å². The van der Waals surface area contributed by atoms with Gasteiger partial charge < -0.3 is 15.6 Å². The molecule has 1 aromatic rings. The topological polar surface area (TPSA) is 94.0 Å². The highest BCUT2D eigenvalue weighted by Crippen LogP contribution is 2.07. The van der Waals surface area contributed by atoms with Gasteiger partial charge in [0, 0.05) is 18.5 Å². The fourth-order valence-electron chi connectivity index (χ4n) is 1.05. The molecule has 0 aliphatic rings. The molecule has 0 aliphatic heterocycles. The summed E-state index contributed by atoms with van der Waals surface area (Å²) in [7, 11) is 0. The van der Waals surface area contributed by atoms with Gasteiger partial charge >= 0.3 is 0 Å². The van der Waals surface area contributed by atoms with Crippen LogP contribution >= 0.6 is 0 Å². The molecule has 6 heteroatoms. The Bertz CT molecular complexity index is 340. The molecule has 1 rings (SSSR count). The highest BCUT2D eigenvalue weighted by molar-refractivity contribution is 5.90. The van der Waals surface area contributed by atoms with E-state index >= 15 is 0 Å². The summed E-state index contributed by atoms with van der Waals surface area (Å²) in [6.45, 7) is 6.05. The van der Waals surface area contributed by atoms with E-state index in [2.05, 4.69) is 15.5 Å². The summed E-state index contributed by atoms with van der Waals surface area (Å²) in [6.07, 6.45) is 0.444. The molecule has 1 aromatic heterocycles. The van der Waals surface area contributed by atoms with Crippen molar-refractivity contribution in [2.24, 2.45) is 5.73 Å². The maximum absolute atomic E-state index is 11.3. The number of rotatable bonds is 4. The minimum atomic E-state index is -0.426. The second-order valence-electron chi connectivity index (χ2n) is 4.04.